The van der Waals surface area contributed by atoms with Crippen LogP contribution in [0.15, 0.2) is 54.6 Å². The average molecular weight is 373 g/mol. The Morgan fingerprint density at radius 2 is 1.75 bits per heavy atom. The molecular formula is C24H23NO3. The van der Waals surface area contributed by atoms with Crippen LogP contribution in [0.4, 0.5) is 0 Å². The summed E-state index contributed by atoms with van der Waals surface area (Å²) >= 11 is 0. The summed E-state index contributed by atoms with van der Waals surface area (Å²) in [6, 6.07) is 18.7. The van der Waals surface area contributed by atoms with E-state index >= 15 is 0 Å². The molecule has 1 saturated heterocycles. The third-order valence-corrected chi connectivity index (χ3v) is 6.23. The summed E-state index contributed by atoms with van der Waals surface area (Å²) in [5.41, 5.74) is 4.58. The highest BCUT2D eigenvalue weighted by atomic mass is 16.3. The number of hydrogen-bond acceptors (Lipinski definition) is 3. The van der Waals surface area contributed by atoms with Gasteiger partial charge in [0.2, 0.25) is 0 Å². The van der Waals surface area contributed by atoms with Gasteiger partial charge in [-0.3, -0.25) is 4.79 Å². The normalized spacial score (nSPS) is 20.9. The van der Waals surface area contributed by atoms with E-state index in [2.05, 4.69) is 30.3 Å². The summed E-state index contributed by atoms with van der Waals surface area (Å²) in [5.74, 6) is -0.101. The molecule has 1 fully saturated rings. The summed E-state index contributed by atoms with van der Waals surface area (Å²) in [6.45, 7) is 0.326. The van der Waals surface area contributed by atoms with Crippen molar-refractivity contribution in [2.45, 2.75) is 24.9 Å². The topological polar surface area (TPSA) is 60.8 Å². The van der Waals surface area contributed by atoms with Crippen molar-refractivity contribution >= 4 is 16.7 Å². The summed E-state index contributed by atoms with van der Waals surface area (Å²) < 4.78 is 0. The number of aryl methyl sites for hydroxylation is 2. The molecule has 4 nitrogen and oxygen atoms in total. The number of benzene rings is 3. The number of carbonyl (C=O) groups is 1. The van der Waals surface area contributed by atoms with E-state index in [4.69, 9.17) is 0 Å². The Kier molecular flexibility index (Phi) is 4.00. The lowest BCUT2D eigenvalue weighted by Crippen LogP contribution is -2.38. The highest BCUT2D eigenvalue weighted by molar-refractivity contribution is 6.02. The zero-order valence-electron chi connectivity index (χ0n) is 15.7. The van der Waals surface area contributed by atoms with Gasteiger partial charge in [-0.2, -0.15) is 0 Å². The predicted molar refractivity (Wildman–Crippen MR) is 109 cm³/mol. The first-order valence-electron chi connectivity index (χ1n) is 9.84. The van der Waals surface area contributed by atoms with Crippen LogP contribution < -0.4 is 0 Å². The fraction of sp³-hybridized carbons (Fsp3) is 0.292. The van der Waals surface area contributed by atoms with Crippen LogP contribution in [0.2, 0.25) is 0 Å². The lowest BCUT2D eigenvalue weighted by Gasteiger charge is -2.21. The number of hydrogen-bond donors (Lipinski definition) is 2. The molecule has 0 unspecified atom stereocenters. The molecule has 3 aromatic rings. The smallest absolute Gasteiger partial charge is 0.253 e. The average Bonchev–Trinajstić information content (AvgIpc) is 3.34. The Labute approximate surface area is 164 Å². The van der Waals surface area contributed by atoms with E-state index in [9.17, 15) is 15.0 Å². The van der Waals surface area contributed by atoms with Crippen molar-refractivity contribution in [1.82, 2.24) is 4.90 Å². The van der Waals surface area contributed by atoms with Gasteiger partial charge in [-0.15, -0.1) is 0 Å². The zero-order chi connectivity index (χ0) is 19.3. The van der Waals surface area contributed by atoms with E-state index in [1.807, 2.05) is 24.3 Å². The molecule has 0 bridgehead atoms. The van der Waals surface area contributed by atoms with Crippen LogP contribution in [-0.4, -0.2) is 46.3 Å². The van der Waals surface area contributed by atoms with E-state index in [-0.39, 0.29) is 19.1 Å². The molecular weight excluding hydrogens is 350 g/mol. The molecule has 4 heteroatoms. The minimum atomic E-state index is -1.17. The molecule has 1 aliphatic carbocycles. The van der Waals surface area contributed by atoms with Crippen molar-refractivity contribution in [1.29, 1.82) is 0 Å². The summed E-state index contributed by atoms with van der Waals surface area (Å²) in [5, 5.41) is 22.1. The SMILES string of the molecule is O=C(c1ccc(-c2ccc3c4c(cccc24)CC3)cc1)N1CC[C@@](O)(CO)C1. The van der Waals surface area contributed by atoms with E-state index in [1.165, 1.54) is 27.5 Å². The van der Waals surface area contributed by atoms with Crippen LogP contribution >= 0.6 is 0 Å². The number of aliphatic hydroxyl groups excluding tert-OH is 1. The second kappa shape index (κ2) is 6.43. The van der Waals surface area contributed by atoms with Gasteiger partial charge >= 0.3 is 0 Å². The van der Waals surface area contributed by atoms with Crippen LogP contribution in [0, 0.1) is 0 Å². The predicted octanol–water partition coefficient (Wildman–Crippen LogP) is 3.17. The number of rotatable bonds is 3. The molecule has 0 saturated carbocycles. The van der Waals surface area contributed by atoms with Gasteiger partial charge in [0, 0.05) is 12.1 Å². The number of amides is 1. The number of likely N-dealkylation sites (tertiary alicyclic amines) is 1. The van der Waals surface area contributed by atoms with Gasteiger partial charge in [-0.25, -0.2) is 0 Å². The van der Waals surface area contributed by atoms with Gasteiger partial charge in [-0.1, -0.05) is 42.5 Å². The van der Waals surface area contributed by atoms with E-state index < -0.39 is 5.60 Å². The largest absolute Gasteiger partial charge is 0.393 e. The lowest BCUT2D eigenvalue weighted by atomic mass is 9.95. The van der Waals surface area contributed by atoms with E-state index in [0.717, 1.165) is 18.4 Å². The second-order valence-electron chi connectivity index (χ2n) is 8.05. The fourth-order valence-electron chi connectivity index (χ4n) is 4.63. The first-order chi connectivity index (χ1) is 13.6. The first-order valence-corrected chi connectivity index (χ1v) is 9.84. The number of carbonyl (C=O) groups excluding carboxylic acids is 1. The maximum Gasteiger partial charge on any atom is 0.253 e. The molecule has 0 radical (unpaired) electrons. The molecule has 3 aromatic carbocycles. The Hall–Kier alpha value is -2.69. The molecule has 2 aliphatic rings. The van der Waals surface area contributed by atoms with E-state index in [1.54, 1.807) is 4.90 Å². The molecule has 1 amide bonds. The van der Waals surface area contributed by atoms with Crippen molar-refractivity contribution in [3.8, 4) is 11.1 Å². The zero-order valence-corrected chi connectivity index (χ0v) is 15.7. The van der Waals surface area contributed by atoms with Crippen molar-refractivity contribution in [2.75, 3.05) is 19.7 Å². The first kappa shape index (κ1) is 17.4. The Morgan fingerprint density at radius 1 is 1.00 bits per heavy atom. The maximum atomic E-state index is 12.7. The van der Waals surface area contributed by atoms with Crippen LogP contribution in [0.5, 0.6) is 0 Å². The van der Waals surface area contributed by atoms with Gasteiger partial charge < -0.3 is 15.1 Å². The van der Waals surface area contributed by atoms with Crippen LogP contribution in [0.1, 0.15) is 27.9 Å². The third-order valence-electron chi connectivity index (χ3n) is 6.23. The Balaban J connectivity index is 1.45. The monoisotopic (exact) mass is 373 g/mol. The number of aliphatic hydroxyl groups is 2. The molecule has 0 spiro atoms. The molecule has 2 N–H and O–H groups in total. The Morgan fingerprint density at radius 3 is 2.46 bits per heavy atom. The van der Waals surface area contributed by atoms with Crippen molar-refractivity contribution in [3.05, 3.63) is 71.3 Å². The molecule has 0 aromatic heterocycles. The molecule has 142 valence electrons. The van der Waals surface area contributed by atoms with Gasteiger partial charge in [0.15, 0.2) is 0 Å². The van der Waals surface area contributed by atoms with Crippen LogP contribution in [0.25, 0.3) is 21.9 Å². The molecule has 1 atom stereocenters. The third kappa shape index (κ3) is 2.72. The fourth-order valence-corrected chi connectivity index (χ4v) is 4.63. The van der Waals surface area contributed by atoms with Gasteiger partial charge in [0.05, 0.1) is 13.2 Å². The second-order valence-corrected chi connectivity index (χ2v) is 8.05. The van der Waals surface area contributed by atoms with Gasteiger partial charge in [-0.05, 0) is 64.4 Å². The molecule has 28 heavy (non-hydrogen) atoms. The molecule has 1 aliphatic heterocycles. The highest BCUT2D eigenvalue weighted by Crippen LogP contribution is 2.37. The van der Waals surface area contributed by atoms with Crippen molar-refractivity contribution in [2.24, 2.45) is 0 Å². The van der Waals surface area contributed by atoms with Crippen molar-refractivity contribution < 1.29 is 15.0 Å². The number of β-amino-alcohol motifs (C(OH)–C–C–N with tert-alkyl or cyclic N) is 1. The van der Waals surface area contributed by atoms with Crippen molar-refractivity contribution in [3.63, 3.8) is 0 Å². The Bertz CT molecular complexity index is 1060. The molecule has 1 heterocycles. The van der Waals surface area contributed by atoms with Crippen LogP contribution in [-0.2, 0) is 12.8 Å². The summed E-state index contributed by atoms with van der Waals surface area (Å²) in [7, 11) is 0. The lowest BCUT2D eigenvalue weighted by molar-refractivity contribution is -0.00455. The van der Waals surface area contributed by atoms with Gasteiger partial charge in [0.25, 0.3) is 5.91 Å². The quantitative estimate of drug-likeness (QED) is 0.741. The molecule has 5 rings (SSSR count). The summed E-state index contributed by atoms with van der Waals surface area (Å²) in [6.07, 6.45) is 2.63. The van der Waals surface area contributed by atoms with Gasteiger partial charge in [0.1, 0.15) is 5.60 Å². The standard InChI is InChI=1S/C24H23NO3/c26-15-24(28)12-13-25(14-24)23(27)19-8-4-16(5-9-19)20-11-10-18-7-6-17-2-1-3-21(20)22(17)18/h1-5,8-11,26,28H,6-7,12-15H2/t24-/m0/s1. The maximum absolute atomic E-state index is 12.7. The minimum absolute atomic E-state index is 0.101. The highest BCUT2D eigenvalue weighted by Gasteiger charge is 2.37. The number of nitrogens with zero attached hydrogens (tertiary/aromatic N) is 1. The van der Waals surface area contributed by atoms with Crippen LogP contribution in [0.3, 0.4) is 0 Å². The summed E-state index contributed by atoms with van der Waals surface area (Å²) in [4.78, 5) is 14.4. The minimum Gasteiger partial charge on any atom is -0.393 e. The van der Waals surface area contributed by atoms with E-state index in [0.29, 0.717) is 18.5 Å².